The number of phosphoric acid groups is 1. The number of hydrogen-bond donors (Lipinski definition) is 1. The van der Waals surface area contributed by atoms with Crippen LogP contribution in [0.2, 0.25) is 0 Å². The van der Waals surface area contributed by atoms with Gasteiger partial charge in [0.2, 0.25) is 0 Å². The summed E-state index contributed by atoms with van der Waals surface area (Å²) in [6.45, 7) is 4.67. The lowest BCUT2D eigenvalue weighted by atomic mass is 10.0. The molecule has 0 radical (unpaired) electrons. The average molecular weight is 587 g/mol. The molecule has 0 spiro atoms. The lowest BCUT2D eigenvalue weighted by Gasteiger charge is -2.11. The van der Waals surface area contributed by atoms with Crippen molar-refractivity contribution in [1.29, 1.82) is 0 Å². The van der Waals surface area contributed by atoms with Gasteiger partial charge in [0.05, 0.1) is 6.61 Å². The van der Waals surface area contributed by atoms with E-state index < -0.39 is 13.8 Å². The van der Waals surface area contributed by atoms with Gasteiger partial charge in [-0.2, -0.15) is 0 Å². The predicted molar refractivity (Wildman–Crippen MR) is 172 cm³/mol. The van der Waals surface area contributed by atoms with Crippen molar-refractivity contribution in [2.45, 2.75) is 194 Å². The number of unbranched alkanes of at least 4 members (excludes halogenated alkanes) is 24. The second-order valence-corrected chi connectivity index (χ2v) is 13.1. The second-order valence-electron chi connectivity index (χ2n) is 11.7. The zero-order valence-corrected chi connectivity index (χ0v) is 27.6. The summed E-state index contributed by atoms with van der Waals surface area (Å²) >= 11 is 0. The lowest BCUT2D eigenvalue weighted by molar-refractivity contribution is -0.136. The Bertz CT molecular complexity index is 607. The summed E-state index contributed by atoms with van der Waals surface area (Å²) in [6.07, 6.45) is 37.8. The van der Waals surface area contributed by atoms with Crippen molar-refractivity contribution in [2.24, 2.45) is 0 Å². The Labute approximate surface area is 249 Å². The van der Waals surface area contributed by atoms with Crippen LogP contribution in [0.15, 0.2) is 12.2 Å². The van der Waals surface area contributed by atoms with E-state index in [0.717, 1.165) is 38.5 Å². The molecule has 6 heteroatoms. The van der Waals surface area contributed by atoms with Gasteiger partial charge in [0, 0.05) is 6.42 Å². The van der Waals surface area contributed by atoms with Crippen molar-refractivity contribution in [3.05, 3.63) is 12.2 Å². The smallest absolute Gasteiger partial charge is 0.371 e. The maximum absolute atomic E-state index is 12.0. The Morgan fingerprint density at radius 3 is 1.32 bits per heavy atom. The predicted octanol–water partition coefficient (Wildman–Crippen LogP) is 12.2. The third-order valence-corrected chi connectivity index (χ3v) is 8.56. The van der Waals surface area contributed by atoms with Gasteiger partial charge >= 0.3 is 13.8 Å². The van der Waals surface area contributed by atoms with E-state index in [2.05, 4.69) is 26.0 Å². The van der Waals surface area contributed by atoms with Crippen molar-refractivity contribution in [3.8, 4) is 0 Å². The van der Waals surface area contributed by atoms with Crippen molar-refractivity contribution in [3.63, 3.8) is 0 Å². The van der Waals surface area contributed by atoms with Gasteiger partial charge in [0.25, 0.3) is 0 Å². The number of allylic oxidation sites excluding steroid dienone is 2. The standard InChI is InChI=1S/C34H67O5P/c1-3-5-7-9-11-13-15-17-19-20-22-24-26-28-30-32-34(35)39-40(36,37)38-33-31-29-27-25-23-21-18-16-14-12-10-8-6-4-2/h17,19H,3-16,18,20-33H2,1-2H3,(H,36,37)/b19-17-. The molecule has 1 atom stereocenters. The fourth-order valence-corrected chi connectivity index (χ4v) is 5.78. The first-order valence-corrected chi connectivity index (χ1v) is 18.9. The van der Waals surface area contributed by atoms with Gasteiger partial charge in [-0.15, -0.1) is 0 Å². The van der Waals surface area contributed by atoms with E-state index in [1.807, 2.05) is 0 Å². The van der Waals surface area contributed by atoms with Gasteiger partial charge in [-0.25, -0.2) is 4.57 Å². The van der Waals surface area contributed by atoms with Gasteiger partial charge in [-0.05, 0) is 38.5 Å². The van der Waals surface area contributed by atoms with Crippen LogP contribution in [-0.2, 0) is 18.4 Å². The molecule has 0 aromatic rings. The first kappa shape index (κ1) is 39.4. The largest absolute Gasteiger partial charge is 0.529 e. The van der Waals surface area contributed by atoms with Gasteiger partial charge in [0.1, 0.15) is 0 Å². The molecule has 0 rings (SSSR count). The van der Waals surface area contributed by atoms with E-state index in [9.17, 15) is 14.3 Å². The molecule has 0 aliphatic heterocycles. The van der Waals surface area contributed by atoms with E-state index in [-0.39, 0.29) is 13.0 Å². The van der Waals surface area contributed by atoms with Crippen LogP contribution in [-0.4, -0.2) is 17.5 Å². The monoisotopic (exact) mass is 586 g/mol. The second kappa shape index (κ2) is 31.3. The molecule has 0 aliphatic rings. The van der Waals surface area contributed by atoms with E-state index >= 15 is 0 Å². The molecule has 0 amide bonds. The van der Waals surface area contributed by atoms with Crippen molar-refractivity contribution in [2.75, 3.05) is 6.61 Å². The Hall–Kier alpha value is -0.640. The van der Waals surface area contributed by atoms with Crippen LogP contribution >= 0.6 is 7.82 Å². The summed E-state index contributed by atoms with van der Waals surface area (Å²) in [7, 11) is -4.28. The van der Waals surface area contributed by atoms with Gasteiger partial charge < -0.3 is 4.52 Å². The third-order valence-electron chi connectivity index (χ3n) is 7.61. The first-order chi connectivity index (χ1) is 19.5. The minimum atomic E-state index is -4.28. The molecule has 0 heterocycles. The molecule has 0 aliphatic carbocycles. The molecule has 0 bridgehead atoms. The molecule has 0 aromatic heterocycles. The summed E-state index contributed by atoms with van der Waals surface area (Å²) in [5.41, 5.74) is 0. The minimum Gasteiger partial charge on any atom is -0.371 e. The van der Waals surface area contributed by atoms with Crippen LogP contribution in [0.4, 0.5) is 0 Å². The van der Waals surface area contributed by atoms with Crippen LogP contribution in [0.5, 0.6) is 0 Å². The Morgan fingerprint density at radius 2 is 0.900 bits per heavy atom. The molecule has 0 aromatic carbocycles. The van der Waals surface area contributed by atoms with Crippen molar-refractivity contribution in [1.82, 2.24) is 0 Å². The van der Waals surface area contributed by atoms with Crippen LogP contribution in [0.25, 0.3) is 0 Å². The Balaban J connectivity index is 3.46. The van der Waals surface area contributed by atoms with E-state index in [0.29, 0.717) is 12.8 Å². The summed E-state index contributed by atoms with van der Waals surface area (Å²) in [5.74, 6) is -0.635. The molecule has 40 heavy (non-hydrogen) atoms. The molecule has 238 valence electrons. The maximum Gasteiger partial charge on any atom is 0.529 e. The van der Waals surface area contributed by atoms with E-state index in [4.69, 9.17) is 9.05 Å². The Morgan fingerprint density at radius 1 is 0.550 bits per heavy atom. The van der Waals surface area contributed by atoms with Crippen LogP contribution in [0, 0.1) is 0 Å². The summed E-state index contributed by atoms with van der Waals surface area (Å²) < 4.78 is 21.7. The molecular formula is C34H67O5P. The maximum atomic E-state index is 12.0. The van der Waals surface area contributed by atoms with Crippen LogP contribution < -0.4 is 0 Å². The first-order valence-electron chi connectivity index (χ1n) is 17.4. The van der Waals surface area contributed by atoms with Gasteiger partial charge in [-0.1, -0.05) is 161 Å². The molecular weight excluding hydrogens is 519 g/mol. The highest BCUT2D eigenvalue weighted by molar-refractivity contribution is 7.48. The normalized spacial score (nSPS) is 13.2. The fraction of sp³-hybridized carbons (Fsp3) is 0.912. The number of hydrogen-bond acceptors (Lipinski definition) is 4. The van der Waals surface area contributed by atoms with Crippen molar-refractivity contribution < 1.29 is 23.3 Å². The summed E-state index contributed by atoms with van der Waals surface area (Å²) in [5, 5.41) is 0. The number of rotatable bonds is 32. The zero-order valence-electron chi connectivity index (χ0n) is 26.7. The third kappa shape index (κ3) is 31.9. The molecule has 0 saturated carbocycles. The van der Waals surface area contributed by atoms with E-state index in [1.165, 1.54) is 122 Å². The SMILES string of the molecule is CCCCCCCC/C=C\CCCCCCCC(=O)OP(=O)(O)OCCCCCCCCCCCCCCCC. The minimum absolute atomic E-state index is 0.159. The van der Waals surface area contributed by atoms with Crippen molar-refractivity contribution >= 4 is 13.8 Å². The van der Waals surface area contributed by atoms with Gasteiger partial charge in [-0.3, -0.25) is 14.2 Å². The number of carbonyl (C=O) groups excluding carboxylic acids is 1. The van der Waals surface area contributed by atoms with E-state index in [1.54, 1.807) is 0 Å². The highest BCUT2D eigenvalue weighted by atomic mass is 31.2. The molecule has 0 fully saturated rings. The zero-order chi connectivity index (χ0) is 29.4. The molecule has 1 unspecified atom stereocenters. The quantitative estimate of drug-likeness (QED) is 0.0482. The summed E-state index contributed by atoms with van der Waals surface area (Å²) in [4.78, 5) is 21.7. The van der Waals surface area contributed by atoms with Crippen LogP contribution in [0.1, 0.15) is 194 Å². The highest BCUT2D eigenvalue weighted by Crippen LogP contribution is 2.43. The molecule has 5 nitrogen and oxygen atoms in total. The highest BCUT2D eigenvalue weighted by Gasteiger charge is 2.25. The van der Waals surface area contributed by atoms with Crippen LogP contribution in [0.3, 0.4) is 0 Å². The molecule has 1 N–H and O–H groups in total. The average Bonchev–Trinajstić information content (AvgIpc) is 2.92. The molecule has 0 saturated heterocycles. The number of carbonyl (C=O) groups is 1. The fourth-order valence-electron chi connectivity index (χ4n) is 5.02. The number of phosphoric ester groups is 1. The summed E-state index contributed by atoms with van der Waals surface area (Å²) in [6, 6.07) is 0. The van der Waals surface area contributed by atoms with Gasteiger partial charge in [0.15, 0.2) is 0 Å². The Kier molecular flexibility index (Phi) is 30.8. The lowest BCUT2D eigenvalue weighted by Crippen LogP contribution is -2.05. The topological polar surface area (TPSA) is 72.8 Å².